The largest absolute Gasteiger partial charge is 0.659 e. The summed E-state index contributed by atoms with van der Waals surface area (Å²) in [5, 5.41) is 0. The highest BCUT2D eigenvalue weighted by molar-refractivity contribution is 5.19. The summed E-state index contributed by atoms with van der Waals surface area (Å²) in [6.07, 6.45) is -0.591. The van der Waals surface area contributed by atoms with Crippen LogP contribution in [0.4, 0.5) is 0 Å². The molecule has 1 aromatic rings. The average Bonchev–Trinajstić information content (AvgIpc) is 1.90. The Bertz CT molecular complexity index is 170. The molecule has 0 spiro atoms. The monoisotopic (exact) mass is 121 g/mol. The first-order valence-corrected chi connectivity index (χ1v) is 2.82. The van der Waals surface area contributed by atoms with E-state index in [9.17, 15) is 0 Å². The van der Waals surface area contributed by atoms with Crippen LogP contribution in [0.5, 0.6) is 0 Å². The van der Waals surface area contributed by atoms with Gasteiger partial charge in [0, 0.05) is 0 Å². The van der Waals surface area contributed by atoms with Crippen molar-refractivity contribution in [2.24, 2.45) is 5.73 Å². The smallest absolute Gasteiger partial charge is 0.0523 e. The van der Waals surface area contributed by atoms with Gasteiger partial charge in [-0.1, -0.05) is 42.1 Å². The molecule has 0 aliphatic heterocycles. The zero-order valence-corrected chi connectivity index (χ0v) is 5.04. The maximum absolute atomic E-state index is 7.10. The van der Waals surface area contributed by atoms with E-state index in [1.54, 1.807) is 0 Å². The van der Waals surface area contributed by atoms with Gasteiger partial charge < -0.3 is 11.5 Å². The van der Waals surface area contributed by atoms with Gasteiger partial charge in [-0.3, -0.25) is 0 Å². The fourth-order valence-electron chi connectivity index (χ4n) is 0.660. The van der Waals surface area contributed by atoms with E-state index in [4.69, 9.17) is 11.5 Å². The highest BCUT2D eigenvalue weighted by Crippen LogP contribution is 2.07. The zero-order chi connectivity index (χ0) is 6.69. The topological polar surface area (TPSA) is 49.8 Å². The Morgan fingerprint density at radius 1 is 1.22 bits per heavy atom. The van der Waals surface area contributed by atoms with Crippen molar-refractivity contribution in [3.8, 4) is 0 Å². The van der Waals surface area contributed by atoms with Crippen LogP contribution in [-0.2, 0) is 0 Å². The van der Waals surface area contributed by atoms with Gasteiger partial charge in [0.2, 0.25) is 0 Å². The van der Waals surface area contributed by atoms with Crippen molar-refractivity contribution in [1.82, 2.24) is 0 Å². The molecule has 0 heterocycles. The minimum atomic E-state index is -0.591. The second-order valence-corrected chi connectivity index (χ2v) is 1.89. The lowest BCUT2D eigenvalue weighted by atomic mass is 10.2. The summed E-state index contributed by atoms with van der Waals surface area (Å²) in [6.45, 7) is 0. The number of nitrogens with one attached hydrogen (secondary N) is 1. The van der Waals surface area contributed by atoms with Gasteiger partial charge in [0.25, 0.3) is 0 Å². The summed E-state index contributed by atoms with van der Waals surface area (Å²) in [7, 11) is 0. The van der Waals surface area contributed by atoms with Crippen LogP contribution >= 0.6 is 0 Å². The molecule has 0 amide bonds. The minimum absolute atomic E-state index is 0.591. The Balaban J connectivity index is 2.85. The molecule has 0 saturated heterocycles. The third kappa shape index (κ3) is 1.52. The predicted molar refractivity (Wildman–Crippen MR) is 37.7 cm³/mol. The van der Waals surface area contributed by atoms with Gasteiger partial charge in [0.15, 0.2) is 0 Å². The zero-order valence-electron chi connectivity index (χ0n) is 5.04. The second kappa shape index (κ2) is 2.62. The second-order valence-electron chi connectivity index (χ2n) is 1.89. The molecule has 0 aliphatic rings. The summed E-state index contributed by atoms with van der Waals surface area (Å²) in [4.78, 5) is 0. The van der Waals surface area contributed by atoms with E-state index in [0.717, 1.165) is 5.56 Å². The molecular formula is C7H9N2-. The summed E-state index contributed by atoms with van der Waals surface area (Å²) >= 11 is 0. The Morgan fingerprint density at radius 3 is 2.11 bits per heavy atom. The first-order chi connectivity index (χ1) is 4.30. The fourth-order valence-corrected chi connectivity index (χ4v) is 0.660. The van der Waals surface area contributed by atoms with Crippen LogP contribution in [0.25, 0.3) is 5.73 Å². The van der Waals surface area contributed by atoms with E-state index in [2.05, 4.69) is 0 Å². The number of hydrogen-bond donors (Lipinski definition) is 1. The number of rotatable bonds is 1. The Morgan fingerprint density at radius 2 is 1.78 bits per heavy atom. The molecule has 0 aliphatic carbocycles. The van der Waals surface area contributed by atoms with E-state index in [0.29, 0.717) is 0 Å². The Labute approximate surface area is 54.5 Å². The number of nitrogens with two attached hydrogens (primary N) is 1. The molecule has 1 atom stereocenters. The molecule has 2 nitrogen and oxygen atoms in total. The van der Waals surface area contributed by atoms with Crippen molar-refractivity contribution in [2.45, 2.75) is 6.17 Å². The third-order valence-electron chi connectivity index (χ3n) is 1.16. The summed E-state index contributed by atoms with van der Waals surface area (Å²) < 4.78 is 0. The van der Waals surface area contributed by atoms with Gasteiger partial charge in [0.05, 0.1) is 0 Å². The van der Waals surface area contributed by atoms with E-state index in [1.165, 1.54) is 0 Å². The van der Waals surface area contributed by atoms with E-state index in [-0.39, 0.29) is 0 Å². The SMILES string of the molecule is [NH-]C(N)c1ccccc1. The lowest BCUT2D eigenvalue weighted by Crippen LogP contribution is -2.02. The van der Waals surface area contributed by atoms with Crippen LogP contribution in [0.1, 0.15) is 11.7 Å². The highest BCUT2D eigenvalue weighted by Gasteiger charge is 1.86. The summed E-state index contributed by atoms with van der Waals surface area (Å²) in [5.74, 6) is 0. The lowest BCUT2D eigenvalue weighted by molar-refractivity contribution is 0.918. The van der Waals surface area contributed by atoms with E-state index < -0.39 is 6.17 Å². The van der Waals surface area contributed by atoms with Gasteiger partial charge in [-0.15, -0.1) is 0 Å². The lowest BCUT2D eigenvalue weighted by Gasteiger charge is -2.12. The molecule has 0 radical (unpaired) electrons. The van der Waals surface area contributed by atoms with Gasteiger partial charge in [-0.25, -0.2) is 0 Å². The third-order valence-corrected chi connectivity index (χ3v) is 1.16. The molecule has 1 rings (SSSR count). The molecule has 3 N–H and O–H groups in total. The molecule has 9 heavy (non-hydrogen) atoms. The van der Waals surface area contributed by atoms with Crippen molar-refractivity contribution in [3.63, 3.8) is 0 Å². The van der Waals surface area contributed by atoms with E-state index in [1.807, 2.05) is 30.3 Å². The molecule has 0 aromatic heterocycles. The van der Waals surface area contributed by atoms with Crippen molar-refractivity contribution >= 4 is 0 Å². The minimum Gasteiger partial charge on any atom is -0.659 e. The summed E-state index contributed by atoms with van der Waals surface area (Å²) in [5.41, 5.74) is 13.2. The first kappa shape index (κ1) is 6.26. The maximum Gasteiger partial charge on any atom is -0.0523 e. The van der Waals surface area contributed by atoms with Gasteiger partial charge in [0.1, 0.15) is 0 Å². The quantitative estimate of drug-likeness (QED) is 0.604. The average molecular weight is 121 g/mol. The Kier molecular flexibility index (Phi) is 1.82. The van der Waals surface area contributed by atoms with Crippen molar-refractivity contribution < 1.29 is 0 Å². The fraction of sp³-hybridized carbons (Fsp3) is 0.143. The summed E-state index contributed by atoms with van der Waals surface area (Å²) in [6, 6.07) is 9.36. The van der Waals surface area contributed by atoms with Crippen molar-refractivity contribution in [3.05, 3.63) is 41.6 Å². The van der Waals surface area contributed by atoms with Crippen LogP contribution in [0.2, 0.25) is 0 Å². The standard InChI is InChI=1S/C7H9N2/c8-7(9)6-4-2-1-3-5-6/h1-5,7-8H,9H2/q-1. The van der Waals surface area contributed by atoms with Crippen molar-refractivity contribution in [2.75, 3.05) is 0 Å². The molecule has 1 aromatic carbocycles. The maximum atomic E-state index is 7.10. The molecule has 0 bridgehead atoms. The van der Waals surface area contributed by atoms with Gasteiger partial charge in [-0.05, 0) is 0 Å². The van der Waals surface area contributed by atoms with Crippen molar-refractivity contribution in [1.29, 1.82) is 0 Å². The van der Waals surface area contributed by atoms with Gasteiger partial charge in [-0.2, -0.15) is 0 Å². The molecule has 1 unspecified atom stereocenters. The molecule has 48 valence electrons. The predicted octanol–water partition coefficient (Wildman–Crippen LogP) is 1.70. The first-order valence-electron chi connectivity index (χ1n) is 2.82. The van der Waals surface area contributed by atoms with E-state index >= 15 is 0 Å². The molecule has 0 saturated carbocycles. The number of hydrogen-bond acceptors (Lipinski definition) is 1. The highest BCUT2D eigenvalue weighted by atomic mass is 14.8. The van der Waals surface area contributed by atoms with Crippen LogP contribution in [0.15, 0.2) is 30.3 Å². The van der Waals surface area contributed by atoms with Crippen LogP contribution in [0.3, 0.4) is 0 Å². The molecular weight excluding hydrogens is 112 g/mol. The number of benzene rings is 1. The van der Waals surface area contributed by atoms with Crippen LogP contribution < -0.4 is 5.73 Å². The van der Waals surface area contributed by atoms with Crippen LogP contribution in [-0.4, -0.2) is 0 Å². The Hall–Kier alpha value is -0.860. The van der Waals surface area contributed by atoms with Gasteiger partial charge >= 0.3 is 0 Å². The normalized spacial score (nSPS) is 13.1. The van der Waals surface area contributed by atoms with Crippen LogP contribution in [0, 0.1) is 0 Å². The molecule has 0 fully saturated rings. The molecule has 2 heteroatoms.